The first-order chi connectivity index (χ1) is 8.60. The second-order valence-corrected chi connectivity index (χ2v) is 5.31. The van der Waals surface area contributed by atoms with Crippen LogP contribution in [0.25, 0.3) is 0 Å². The summed E-state index contributed by atoms with van der Waals surface area (Å²) < 4.78 is 0. The Morgan fingerprint density at radius 1 is 1.50 bits per heavy atom. The Labute approximate surface area is 110 Å². The average molecular weight is 248 g/mol. The SMILES string of the molecule is C=CC1=C(C)NC[C@@H]2C[C@H](/C=C\C)C(C)N2C1O. The molecule has 0 amide bonds. The van der Waals surface area contributed by atoms with E-state index in [0.717, 1.165) is 24.2 Å². The summed E-state index contributed by atoms with van der Waals surface area (Å²) in [6.45, 7) is 11.0. The van der Waals surface area contributed by atoms with Crippen molar-refractivity contribution in [2.45, 2.75) is 45.5 Å². The predicted octanol–water partition coefficient (Wildman–Crippen LogP) is 2.02. The Kier molecular flexibility index (Phi) is 3.93. The molecule has 0 aliphatic carbocycles. The minimum atomic E-state index is -0.534. The number of rotatable bonds is 2. The molecule has 0 spiro atoms. The normalized spacial score (nSPS) is 37.6. The molecule has 2 aliphatic rings. The zero-order chi connectivity index (χ0) is 13.3. The number of nitrogens with one attached hydrogen (secondary N) is 1. The molecular formula is C15H24N2O. The molecular weight excluding hydrogens is 224 g/mol. The Morgan fingerprint density at radius 3 is 2.83 bits per heavy atom. The first-order valence-corrected chi connectivity index (χ1v) is 6.75. The van der Waals surface area contributed by atoms with Crippen LogP contribution in [-0.4, -0.2) is 34.9 Å². The van der Waals surface area contributed by atoms with Crippen LogP contribution in [0.2, 0.25) is 0 Å². The molecule has 2 rings (SSSR count). The van der Waals surface area contributed by atoms with Crippen molar-refractivity contribution in [3.63, 3.8) is 0 Å². The second-order valence-electron chi connectivity index (χ2n) is 5.31. The summed E-state index contributed by atoms with van der Waals surface area (Å²) in [6, 6.07) is 0.757. The van der Waals surface area contributed by atoms with Crippen LogP contribution < -0.4 is 5.32 Å². The largest absolute Gasteiger partial charge is 0.387 e. The molecule has 2 unspecified atom stereocenters. The number of aliphatic hydroxyl groups is 1. The molecule has 2 heterocycles. The fraction of sp³-hybridized carbons (Fsp3) is 0.600. The third-order valence-electron chi connectivity index (χ3n) is 4.31. The van der Waals surface area contributed by atoms with Gasteiger partial charge in [0.1, 0.15) is 6.23 Å². The van der Waals surface area contributed by atoms with E-state index in [0.29, 0.717) is 18.0 Å². The van der Waals surface area contributed by atoms with Gasteiger partial charge in [0, 0.05) is 29.9 Å². The highest BCUT2D eigenvalue weighted by atomic mass is 16.3. The van der Waals surface area contributed by atoms with Crippen LogP contribution in [0.5, 0.6) is 0 Å². The van der Waals surface area contributed by atoms with Crippen LogP contribution >= 0.6 is 0 Å². The summed E-state index contributed by atoms with van der Waals surface area (Å²) in [5.41, 5.74) is 1.95. The first kappa shape index (κ1) is 13.4. The lowest BCUT2D eigenvalue weighted by molar-refractivity contribution is 0.00450. The Bertz CT molecular complexity index is 386. The van der Waals surface area contributed by atoms with E-state index < -0.39 is 6.23 Å². The smallest absolute Gasteiger partial charge is 0.135 e. The zero-order valence-corrected chi connectivity index (χ0v) is 11.6. The molecule has 0 radical (unpaired) electrons. The lowest BCUT2D eigenvalue weighted by Gasteiger charge is -2.32. The van der Waals surface area contributed by atoms with Crippen molar-refractivity contribution in [1.82, 2.24) is 10.2 Å². The maximum atomic E-state index is 10.6. The fourth-order valence-corrected chi connectivity index (χ4v) is 3.27. The summed E-state index contributed by atoms with van der Waals surface area (Å²) in [4.78, 5) is 2.23. The lowest BCUT2D eigenvalue weighted by Crippen LogP contribution is -2.45. The highest BCUT2D eigenvalue weighted by Crippen LogP contribution is 2.35. The lowest BCUT2D eigenvalue weighted by atomic mass is 9.99. The summed E-state index contributed by atoms with van der Waals surface area (Å²) in [5.74, 6) is 0.529. The van der Waals surface area contributed by atoms with Crippen molar-refractivity contribution in [3.05, 3.63) is 36.1 Å². The van der Waals surface area contributed by atoms with Crippen molar-refractivity contribution in [1.29, 1.82) is 0 Å². The summed E-state index contributed by atoms with van der Waals surface area (Å²) in [5, 5.41) is 14.0. The highest BCUT2D eigenvalue weighted by Gasteiger charge is 2.42. The van der Waals surface area contributed by atoms with Gasteiger partial charge in [-0.1, -0.05) is 24.8 Å². The number of nitrogens with zero attached hydrogens (tertiary/aromatic N) is 1. The van der Waals surface area contributed by atoms with Crippen molar-refractivity contribution >= 4 is 0 Å². The van der Waals surface area contributed by atoms with E-state index >= 15 is 0 Å². The van der Waals surface area contributed by atoms with Crippen LogP contribution in [-0.2, 0) is 0 Å². The van der Waals surface area contributed by atoms with Gasteiger partial charge in [-0.3, -0.25) is 4.90 Å². The van der Waals surface area contributed by atoms with E-state index in [-0.39, 0.29) is 0 Å². The van der Waals surface area contributed by atoms with Gasteiger partial charge < -0.3 is 10.4 Å². The molecule has 0 bridgehead atoms. The van der Waals surface area contributed by atoms with E-state index in [9.17, 15) is 5.11 Å². The predicted molar refractivity (Wildman–Crippen MR) is 74.9 cm³/mol. The molecule has 18 heavy (non-hydrogen) atoms. The van der Waals surface area contributed by atoms with E-state index in [2.05, 4.69) is 42.8 Å². The summed E-state index contributed by atoms with van der Waals surface area (Å²) in [7, 11) is 0. The van der Waals surface area contributed by atoms with Crippen LogP contribution in [0.3, 0.4) is 0 Å². The highest BCUT2D eigenvalue weighted by molar-refractivity contribution is 5.28. The second kappa shape index (κ2) is 5.29. The van der Waals surface area contributed by atoms with Gasteiger partial charge in [0.2, 0.25) is 0 Å². The topological polar surface area (TPSA) is 35.5 Å². The van der Waals surface area contributed by atoms with E-state index in [1.807, 2.05) is 6.92 Å². The van der Waals surface area contributed by atoms with Crippen LogP contribution in [0.15, 0.2) is 36.1 Å². The molecule has 4 atom stereocenters. The van der Waals surface area contributed by atoms with Crippen molar-refractivity contribution in [3.8, 4) is 0 Å². The van der Waals surface area contributed by atoms with Gasteiger partial charge in [0.25, 0.3) is 0 Å². The number of hydrogen-bond donors (Lipinski definition) is 2. The van der Waals surface area contributed by atoms with Gasteiger partial charge in [-0.15, -0.1) is 0 Å². The number of allylic oxidation sites excluding steroid dienone is 2. The Morgan fingerprint density at radius 2 is 2.22 bits per heavy atom. The third kappa shape index (κ3) is 2.13. The van der Waals surface area contributed by atoms with Gasteiger partial charge in [-0.05, 0) is 33.1 Å². The van der Waals surface area contributed by atoms with Gasteiger partial charge in [-0.2, -0.15) is 0 Å². The van der Waals surface area contributed by atoms with Gasteiger partial charge in [0.05, 0.1) is 0 Å². The van der Waals surface area contributed by atoms with Crippen molar-refractivity contribution in [2.24, 2.45) is 5.92 Å². The zero-order valence-electron chi connectivity index (χ0n) is 11.6. The van der Waals surface area contributed by atoms with Crippen LogP contribution in [0, 0.1) is 5.92 Å². The number of fused-ring (bicyclic) bond motifs is 1. The minimum absolute atomic E-state index is 0.365. The number of hydrogen-bond acceptors (Lipinski definition) is 3. The molecule has 1 saturated heterocycles. The monoisotopic (exact) mass is 248 g/mol. The minimum Gasteiger partial charge on any atom is -0.387 e. The van der Waals surface area contributed by atoms with E-state index in [1.54, 1.807) is 6.08 Å². The van der Waals surface area contributed by atoms with Crippen molar-refractivity contribution < 1.29 is 5.11 Å². The first-order valence-electron chi connectivity index (χ1n) is 6.75. The molecule has 1 fully saturated rings. The number of aliphatic hydroxyl groups excluding tert-OH is 1. The van der Waals surface area contributed by atoms with E-state index in [1.165, 1.54) is 0 Å². The maximum absolute atomic E-state index is 10.6. The molecule has 0 aromatic heterocycles. The molecule has 0 aromatic rings. The van der Waals surface area contributed by atoms with Gasteiger partial charge in [0.15, 0.2) is 0 Å². The molecule has 2 aliphatic heterocycles. The summed E-state index contributed by atoms with van der Waals surface area (Å²) >= 11 is 0. The molecule has 100 valence electrons. The van der Waals surface area contributed by atoms with E-state index in [4.69, 9.17) is 0 Å². The van der Waals surface area contributed by atoms with Gasteiger partial charge in [-0.25, -0.2) is 0 Å². The Balaban J connectivity index is 2.29. The molecule has 0 aromatic carbocycles. The molecule has 3 nitrogen and oxygen atoms in total. The summed E-state index contributed by atoms with van der Waals surface area (Å²) in [6.07, 6.45) is 6.71. The van der Waals surface area contributed by atoms with Crippen LogP contribution in [0.4, 0.5) is 0 Å². The quantitative estimate of drug-likeness (QED) is 0.734. The third-order valence-corrected chi connectivity index (χ3v) is 4.31. The fourth-order valence-electron chi connectivity index (χ4n) is 3.27. The standard InChI is InChI=1S/C15H24N2O/c1-5-7-12-8-13-9-16-10(3)14(6-2)15(18)17(13)11(12)4/h5-7,11-13,15-16,18H,2,8-9H2,1,3-4H3/b7-5-/t11?,12-,13-,15?/m0/s1. The van der Waals surface area contributed by atoms with Crippen molar-refractivity contribution in [2.75, 3.05) is 6.54 Å². The molecule has 0 saturated carbocycles. The van der Waals surface area contributed by atoms with Gasteiger partial charge >= 0.3 is 0 Å². The molecule has 3 heteroatoms. The average Bonchev–Trinajstić information content (AvgIpc) is 2.58. The Hall–Kier alpha value is -1.06. The van der Waals surface area contributed by atoms with Crippen LogP contribution in [0.1, 0.15) is 27.2 Å². The molecule has 2 N–H and O–H groups in total. The maximum Gasteiger partial charge on any atom is 0.135 e.